The van der Waals surface area contributed by atoms with Crippen LogP contribution in [0, 0.1) is 0 Å². The van der Waals surface area contributed by atoms with Crippen LogP contribution < -0.4 is 0 Å². The SMILES string of the molecule is CN1CCC[C@@](O)(CN2CCSCC2)C1. The van der Waals surface area contributed by atoms with Crippen LogP contribution in [0.25, 0.3) is 0 Å². The molecule has 0 bridgehead atoms. The summed E-state index contributed by atoms with van der Waals surface area (Å²) in [5.41, 5.74) is -0.449. The summed E-state index contributed by atoms with van der Waals surface area (Å²) in [5, 5.41) is 10.5. The molecule has 0 radical (unpaired) electrons. The van der Waals surface area contributed by atoms with E-state index in [9.17, 15) is 5.11 Å². The number of aliphatic hydroxyl groups is 1. The molecule has 2 saturated heterocycles. The Morgan fingerprint density at radius 3 is 2.67 bits per heavy atom. The molecule has 0 aromatic rings. The molecule has 0 amide bonds. The largest absolute Gasteiger partial charge is 0.387 e. The molecular weight excluding hydrogens is 208 g/mol. The molecule has 0 spiro atoms. The molecule has 3 nitrogen and oxygen atoms in total. The molecule has 2 fully saturated rings. The Hall–Kier alpha value is 0.230. The van der Waals surface area contributed by atoms with Gasteiger partial charge in [0.25, 0.3) is 0 Å². The minimum absolute atomic E-state index is 0.449. The van der Waals surface area contributed by atoms with Crippen LogP contribution in [0.4, 0.5) is 0 Å². The van der Waals surface area contributed by atoms with Gasteiger partial charge in [0.05, 0.1) is 5.60 Å². The van der Waals surface area contributed by atoms with Gasteiger partial charge < -0.3 is 10.0 Å². The number of nitrogens with zero attached hydrogens (tertiary/aromatic N) is 2. The zero-order valence-electron chi connectivity index (χ0n) is 9.61. The second-order valence-corrected chi connectivity index (χ2v) is 6.18. The molecule has 88 valence electrons. The third-order valence-corrected chi connectivity index (χ3v) is 4.31. The van der Waals surface area contributed by atoms with Crippen LogP contribution in [-0.2, 0) is 0 Å². The smallest absolute Gasteiger partial charge is 0.0900 e. The second-order valence-electron chi connectivity index (χ2n) is 4.95. The van der Waals surface area contributed by atoms with E-state index in [4.69, 9.17) is 0 Å². The van der Waals surface area contributed by atoms with Gasteiger partial charge in [0.1, 0.15) is 0 Å². The number of piperidine rings is 1. The van der Waals surface area contributed by atoms with Crippen LogP contribution in [0.5, 0.6) is 0 Å². The predicted molar refractivity (Wildman–Crippen MR) is 65.4 cm³/mol. The minimum atomic E-state index is -0.449. The van der Waals surface area contributed by atoms with Crippen molar-refractivity contribution in [3.63, 3.8) is 0 Å². The van der Waals surface area contributed by atoms with Gasteiger partial charge in [-0.15, -0.1) is 0 Å². The van der Waals surface area contributed by atoms with Gasteiger partial charge in [-0.1, -0.05) is 0 Å². The molecule has 2 aliphatic heterocycles. The first kappa shape index (κ1) is 11.7. The van der Waals surface area contributed by atoms with Gasteiger partial charge in [0.15, 0.2) is 0 Å². The quantitative estimate of drug-likeness (QED) is 0.747. The van der Waals surface area contributed by atoms with Crippen molar-refractivity contribution in [2.24, 2.45) is 0 Å². The first-order chi connectivity index (χ1) is 7.18. The van der Waals surface area contributed by atoms with Gasteiger partial charge in [-0.3, -0.25) is 4.90 Å². The van der Waals surface area contributed by atoms with Crippen molar-refractivity contribution in [1.29, 1.82) is 0 Å². The number of hydrogen-bond acceptors (Lipinski definition) is 4. The third kappa shape index (κ3) is 3.34. The lowest BCUT2D eigenvalue weighted by molar-refractivity contribution is -0.0455. The predicted octanol–water partition coefficient (Wildman–Crippen LogP) is 0.492. The number of likely N-dealkylation sites (N-methyl/N-ethyl adjacent to an activating group) is 1. The highest BCUT2D eigenvalue weighted by molar-refractivity contribution is 7.99. The molecule has 2 rings (SSSR count). The first-order valence-electron chi connectivity index (χ1n) is 5.89. The van der Waals surface area contributed by atoms with Crippen LogP contribution in [0.1, 0.15) is 12.8 Å². The third-order valence-electron chi connectivity index (χ3n) is 3.37. The summed E-state index contributed by atoms with van der Waals surface area (Å²) >= 11 is 2.03. The standard InChI is InChI=1S/C11H22N2OS/c1-12-4-2-3-11(14,9-12)10-13-5-7-15-8-6-13/h14H,2-10H2,1H3/t11-/m0/s1. The monoisotopic (exact) mass is 230 g/mol. The van der Waals surface area contributed by atoms with E-state index in [2.05, 4.69) is 16.8 Å². The Balaban J connectivity index is 1.85. The summed E-state index contributed by atoms with van der Waals surface area (Å²) in [4.78, 5) is 4.68. The average Bonchev–Trinajstić information content (AvgIpc) is 2.18. The van der Waals surface area contributed by atoms with E-state index in [1.54, 1.807) is 0 Å². The summed E-state index contributed by atoms with van der Waals surface area (Å²) in [6.07, 6.45) is 2.11. The van der Waals surface area contributed by atoms with Gasteiger partial charge in [0.2, 0.25) is 0 Å². The Kier molecular flexibility index (Phi) is 3.93. The van der Waals surface area contributed by atoms with Crippen molar-refractivity contribution in [3.8, 4) is 0 Å². The topological polar surface area (TPSA) is 26.7 Å². The van der Waals surface area contributed by atoms with Gasteiger partial charge in [0, 0.05) is 37.7 Å². The maximum Gasteiger partial charge on any atom is 0.0900 e. The molecule has 15 heavy (non-hydrogen) atoms. The summed E-state index contributed by atoms with van der Waals surface area (Å²) in [7, 11) is 2.11. The lowest BCUT2D eigenvalue weighted by Gasteiger charge is -2.41. The van der Waals surface area contributed by atoms with Gasteiger partial charge in [-0.05, 0) is 26.4 Å². The van der Waals surface area contributed by atoms with Gasteiger partial charge in [-0.2, -0.15) is 11.8 Å². The van der Waals surface area contributed by atoms with Crippen LogP contribution in [-0.4, -0.2) is 71.8 Å². The molecule has 4 heteroatoms. The molecule has 0 aromatic carbocycles. The van der Waals surface area contributed by atoms with E-state index in [0.29, 0.717) is 0 Å². The molecule has 0 saturated carbocycles. The normalized spacial score (nSPS) is 35.6. The van der Waals surface area contributed by atoms with E-state index in [0.717, 1.165) is 45.6 Å². The molecule has 2 heterocycles. The molecular formula is C11H22N2OS. The lowest BCUT2D eigenvalue weighted by atomic mass is 9.92. The molecule has 2 aliphatic rings. The minimum Gasteiger partial charge on any atom is -0.387 e. The van der Waals surface area contributed by atoms with E-state index in [1.165, 1.54) is 11.5 Å². The molecule has 0 aromatic heterocycles. The van der Waals surface area contributed by atoms with Crippen LogP contribution in [0.15, 0.2) is 0 Å². The highest BCUT2D eigenvalue weighted by Gasteiger charge is 2.33. The van der Waals surface area contributed by atoms with E-state index in [1.807, 2.05) is 11.8 Å². The number of β-amino-alcohol motifs (C(OH)–C–C–N with tert-alkyl or cyclic N) is 1. The lowest BCUT2D eigenvalue weighted by Crippen LogP contribution is -2.54. The molecule has 1 N–H and O–H groups in total. The van der Waals surface area contributed by atoms with Crippen molar-refractivity contribution in [3.05, 3.63) is 0 Å². The summed E-state index contributed by atoms with van der Waals surface area (Å²) < 4.78 is 0. The van der Waals surface area contributed by atoms with Crippen LogP contribution in [0.3, 0.4) is 0 Å². The Morgan fingerprint density at radius 2 is 2.00 bits per heavy atom. The van der Waals surface area contributed by atoms with Crippen molar-refractivity contribution in [2.75, 3.05) is 51.3 Å². The van der Waals surface area contributed by atoms with Crippen molar-refractivity contribution < 1.29 is 5.11 Å². The van der Waals surface area contributed by atoms with Gasteiger partial charge >= 0.3 is 0 Å². The molecule has 0 unspecified atom stereocenters. The maximum absolute atomic E-state index is 10.5. The number of thioether (sulfide) groups is 1. The van der Waals surface area contributed by atoms with Crippen LogP contribution in [0.2, 0.25) is 0 Å². The number of hydrogen-bond donors (Lipinski definition) is 1. The summed E-state index contributed by atoms with van der Waals surface area (Å²) in [6, 6.07) is 0. The van der Waals surface area contributed by atoms with E-state index >= 15 is 0 Å². The Morgan fingerprint density at radius 1 is 1.27 bits per heavy atom. The highest BCUT2D eigenvalue weighted by atomic mass is 32.2. The molecule has 1 atom stereocenters. The van der Waals surface area contributed by atoms with Crippen molar-refractivity contribution >= 4 is 11.8 Å². The Bertz CT molecular complexity index is 209. The number of likely N-dealkylation sites (tertiary alicyclic amines) is 1. The van der Waals surface area contributed by atoms with Crippen molar-refractivity contribution in [1.82, 2.24) is 9.80 Å². The Labute approximate surface area is 96.8 Å². The fraction of sp³-hybridized carbons (Fsp3) is 1.00. The first-order valence-corrected chi connectivity index (χ1v) is 7.04. The zero-order chi connectivity index (χ0) is 10.7. The van der Waals surface area contributed by atoms with E-state index in [-0.39, 0.29) is 0 Å². The highest BCUT2D eigenvalue weighted by Crippen LogP contribution is 2.22. The van der Waals surface area contributed by atoms with Crippen molar-refractivity contribution in [2.45, 2.75) is 18.4 Å². The summed E-state index contributed by atoms with van der Waals surface area (Å²) in [5.74, 6) is 2.46. The fourth-order valence-electron chi connectivity index (χ4n) is 2.64. The average molecular weight is 230 g/mol. The number of rotatable bonds is 2. The van der Waals surface area contributed by atoms with Crippen LogP contribution >= 0.6 is 11.8 Å². The van der Waals surface area contributed by atoms with E-state index < -0.39 is 5.60 Å². The second kappa shape index (κ2) is 5.04. The molecule has 0 aliphatic carbocycles. The van der Waals surface area contributed by atoms with Gasteiger partial charge in [-0.25, -0.2) is 0 Å². The maximum atomic E-state index is 10.5. The zero-order valence-corrected chi connectivity index (χ0v) is 10.4. The fourth-order valence-corrected chi connectivity index (χ4v) is 3.62. The summed E-state index contributed by atoms with van der Waals surface area (Å²) in [6.45, 7) is 5.15.